The summed E-state index contributed by atoms with van der Waals surface area (Å²) in [6.45, 7) is 0. The first-order valence-electron chi connectivity index (χ1n) is 5.12. The van der Waals surface area contributed by atoms with Crippen LogP contribution in [0.3, 0.4) is 0 Å². The monoisotopic (exact) mass is 266 g/mol. The lowest BCUT2D eigenvalue weighted by Crippen LogP contribution is -1.91. The first-order chi connectivity index (χ1) is 8.04. The molecular weight excluding hydrogens is 256 g/mol. The zero-order valence-electron chi connectivity index (χ0n) is 9.01. The lowest BCUT2D eigenvalue weighted by Gasteiger charge is -1.98. The van der Waals surface area contributed by atoms with Crippen molar-refractivity contribution in [3.8, 4) is 0 Å². The summed E-state index contributed by atoms with van der Waals surface area (Å²) in [5.41, 5.74) is 0.962. The maximum absolute atomic E-state index is 10.7. The first-order valence-corrected chi connectivity index (χ1v) is 7.60. The Morgan fingerprint density at radius 1 is 1.06 bits per heavy atom. The van der Waals surface area contributed by atoms with Crippen LogP contribution in [0.15, 0.2) is 48.5 Å². The molecule has 0 radical (unpaired) electrons. The highest BCUT2D eigenvalue weighted by Gasteiger charge is 2.00. The van der Waals surface area contributed by atoms with Crippen molar-refractivity contribution in [1.29, 1.82) is 0 Å². The number of rotatable bonds is 3. The van der Waals surface area contributed by atoms with Crippen molar-refractivity contribution in [2.75, 3.05) is 5.75 Å². The molecule has 0 heterocycles. The van der Waals surface area contributed by atoms with Crippen LogP contribution in [-0.4, -0.2) is 14.2 Å². The molecule has 0 saturated heterocycles. The Hall–Kier alpha value is -1.32. The molecule has 2 rings (SSSR count). The van der Waals surface area contributed by atoms with Crippen LogP contribution in [0.4, 0.5) is 0 Å². The molecule has 2 nitrogen and oxygen atoms in total. The van der Waals surface area contributed by atoms with Crippen LogP contribution in [-0.2, 0) is 9.05 Å². The van der Waals surface area contributed by atoms with Crippen molar-refractivity contribution in [3.05, 3.63) is 54.1 Å². The van der Waals surface area contributed by atoms with Gasteiger partial charge in [-0.2, -0.15) is 0 Å². The van der Waals surface area contributed by atoms with Crippen LogP contribution in [0.25, 0.3) is 16.8 Å². The second-order valence-corrected chi connectivity index (χ2v) is 6.54. The van der Waals surface area contributed by atoms with E-state index >= 15 is 0 Å². The molecule has 0 aromatic heterocycles. The molecular formula is C13H11ClO2S. The highest BCUT2D eigenvalue weighted by molar-refractivity contribution is 8.13. The fourth-order valence-corrected chi connectivity index (χ4v) is 2.15. The van der Waals surface area contributed by atoms with E-state index in [0.29, 0.717) is 0 Å². The van der Waals surface area contributed by atoms with E-state index in [1.54, 1.807) is 12.2 Å². The normalized spacial score (nSPS) is 12.3. The van der Waals surface area contributed by atoms with Gasteiger partial charge in [-0.25, -0.2) is 8.42 Å². The lowest BCUT2D eigenvalue weighted by molar-refractivity contribution is 0.612. The highest BCUT2D eigenvalue weighted by Crippen LogP contribution is 2.16. The molecule has 0 unspecified atom stereocenters. The summed E-state index contributed by atoms with van der Waals surface area (Å²) in [5.74, 6) is -0.151. The van der Waals surface area contributed by atoms with Crippen LogP contribution >= 0.6 is 10.7 Å². The Morgan fingerprint density at radius 3 is 2.47 bits per heavy atom. The minimum absolute atomic E-state index is 0.151. The topological polar surface area (TPSA) is 34.1 Å². The summed E-state index contributed by atoms with van der Waals surface area (Å²) in [6, 6.07) is 14.0. The SMILES string of the molecule is O=S(=O)(Cl)CC=Cc1ccc2ccccc2c1. The van der Waals surface area contributed by atoms with E-state index in [4.69, 9.17) is 10.7 Å². The fourth-order valence-electron chi connectivity index (χ4n) is 1.61. The standard InChI is InChI=1S/C13H11ClO2S/c14-17(15,16)9-3-4-11-7-8-12-5-1-2-6-13(12)10-11/h1-8,10H,9H2. The van der Waals surface area contributed by atoms with Crippen molar-refractivity contribution in [2.45, 2.75) is 0 Å². The minimum Gasteiger partial charge on any atom is -0.212 e. The van der Waals surface area contributed by atoms with Gasteiger partial charge in [0.15, 0.2) is 0 Å². The first kappa shape index (κ1) is 12.1. The summed E-state index contributed by atoms with van der Waals surface area (Å²) in [4.78, 5) is 0. The predicted molar refractivity (Wildman–Crippen MR) is 72.6 cm³/mol. The van der Waals surface area contributed by atoms with E-state index in [2.05, 4.69) is 0 Å². The largest absolute Gasteiger partial charge is 0.236 e. The summed E-state index contributed by atoms with van der Waals surface area (Å²) in [5, 5.41) is 2.29. The average molecular weight is 267 g/mol. The van der Waals surface area contributed by atoms with Crippen molar-refractivity contribution < 1.29 is 8.42 Å². The highest BCUT2D eigenvalue weighted by atomic mass is 35.7. The molecule has 0 bridgehead atoms. The molecule has 88 valence electrons. The van der Waals surface area contributed by atoms with Gasteiger partial charge >= 0.3 is 0 Å². The summed E-state index contributed by atoms with van der Waals surface area (Å²) >= 11 is 0. The van der Waals surface area contributed by atoms with Gasteiger partial charge in [0, 0.05) is 10.7 Å². The smallest absolute Gasteiger partial charge is 0.212 e. The molecule has 2 aromatic rings. The molecule has 0 N–H and O–H groups in total. The van der Waals surface area contributed by atoms with E-state index in [1.807, 2.05) is 42.5 Å². The van der Waals surface area contributed by atoms with Gasteiger partial charge in [-0.05, 0) is 22.4 Å². The van der Waals surface area contributed by atoms with Crippen molar-refractivity contribution in [1.82, 2.24) is 0 Å². The third-order valence-electron chi connectivity index (χ3n) is 2.38. The Kier molecular flexibility index (Phi) is 3.50. The van der Waals surface area contributed by atoms with Gasteiger partial charge in [-0.1, -0.05) is 48.6 Å². The Morgan fingerprint density at radius 2 is 1.76 bits per heavy atom. The van der Waals surface area contributed by atoms with Crippen molar-refractivity contribution in [2.24, 2.45) is 0 Å². The summed E-state index contributed by atoms with van der Waals surface area (Å²) in [7, 11) is 1.66. The minimum atomic E-state index is -3.45. The second-order valence-electron chi connectivity index (χ2n) is 3.71. The molecule has 17 heavy (non-hydrogen) atoms. The molecule has 0 aliphatic rings. The second kappa shape index (κ2) is 4.90. The zero-order chi connectivity index (χ0) is 12.3. The number of fused-ring (bicyclic) bond motifs is 1. The van der Waals surface area contributed by atoms with Gasteiger partial charge in [0.05, 0.1) is 5.75 Å². The third-order valence-corrected chi connectivity index (χ3v) is 3.35. The van der Waals surface area contributed by atoms with Crippen LogP contribution in [0.2, 0.25) is 0 Å². The molecule has 0 aliphatic carbocycles. The average Bonchev–Trinajstić information content (AvgIpc) is 2.27. The number of halogens is 1. The van der Waals surface area contributed by atoms with Crippen LogP contribution < -0.4 is 0 Å². The molecule has 2 aromatic carbocycles. The number of benzene rings is 2. The van der Waals surface area contributed by atoms with Crippen molar-refractivity contribution in [3.63, 3.8) is 0 Å². The summed E-state index contributed by atoms with van der Waals surface area (Å²) < 4.78 is 21.5. The number of hydrogen-bond acceptors (Lipinski definition) is 2. The van der Waals surface area contributed by atoms with Crippen molar-refractivity contribution >= 4 is 36.6 Å². The van der Waals surface area contributed by atoms with Crippen LogP contribution in [0.1, 0.15) is 5.56 Å². The Labute approximate surface area is 105 Å². The quantitative estimate of drug-likeness (QED) is 0.798. The Balaban J connectivity index is 2.25. The van der Waals surface area contributed by atoms with E-state index in [-0.39, 0.29) is 5.75 Å². The molecule has 0 saturated carbocycles. The lowest BCUT2D eigenvalue weighted by atomic mass is 10.1. The zero-order valence-corrected chi connectivity index (χ0v) is 10.6. The van der Waals surface area contributed by atoms with E-state index < -0.39 is 9.05 Å². The van der Waals surface area contributed by atoms with E-state index in [9.17, 15) is 8.42 Å². The third kappa shape index (κ3) is 3.58. The maximum Gasteiger partial charge on any atom is 0.236 e. The molecule has 4 heteroatoms. The molecule has 0 amide bonds. The van der Waals surface area contributed by atoms with Gasteiger partial charge in [-0.3, -0.25) is 0 Å². The van der Waals surface area contributed by atoms with Gasteiger partial charge in [0.1, 0.15) is 0 Å². The van der Waals surface area contributed by atoms with Crippen LogP contribution in [0, 0.1) is 0 Å². The van der Waals surface area contributed by atoms with Crippen LogP contribution in [0.5, 0.6) is 0 Å². The molecule has 0 spiro atoms. The van der Waals surface area contributed by atoms with E-state index in [1.165, 1.54) is 0 Å². The van der Waals surface area contributed by atoms with Gasteiger partial charge in [0.2, 0.25) is 9.05 Å². The maximum atomic E-state index is 10.7. The van der Waals surface area contributed by atoms with E-state index in [0.717, 1.165) is 16.3 Å². The number of hydrogen-bond donors (Lipinski definition) is 0. The van der Waals surface area contributed by atoms with Gasteiger partial charge < -0.3 is 0 Å². The molecule has 0 fully saturated rings. The molecule has 0 aliphatic heterocycles. The molecule has 0 atom stereocenters. The fraction of sp³-hybridized carbons (Fsp3) is 0.0769. The van der Waals surface area contributed by atoms with Gasteiger partial charge in [-0.15, -0.1) is 0 Å². The summed E-state index contributed by atoms with van der Waals surface area (Å²) in [6.07, 6.45) is 3.30. The van der Waals surface area contributed by atoms with Gasteiger partial charge in [0.25, 0.3) is 0 Å². The predicted octanol–water partition coefficient (Wildman–Crippen LogP) is 3.42. The Bertz CT molecular complexity index is 660.